The van der Waals surface area contributed by atoms with Crippen LogP contribution < -0.4 is 11.1 Å². The van der Waals surface area contributed by atoms with Gasteiger partial charge in [0.15, 0.2) is 16.8 Å². The lowest BCUT2D eigenvalue weighted by Gasteiger charge is -2.30. The first-order chi connectivity index (χ1) is 8.49. The third-order valence-electron chi connectivity index (χ3n) is 2.95. The van der Waals surface area contributed by atoms with Gasteiger partial charge in [-0.25, -0.2) is 0 Å². The average molecular weight is 274 g/mol. The van der Waals surface area contributed by atoms with E-state index >= 15 is 0 Å². The number of amides is 1. The van der Waals surface area contributed by atoms with Crippen molar-refractivity contribution in [1.82, 2.24) is 5.32 Å². The number of nitrogens with zero attached hydrogens (tertiary/aromatic N) is 1. The van der Waals surface area contributed by atoms with Crippen LogP contribution in [-0.4, -0.2) is 22.5 Å². The Labute approximate surface area is 110 Å². The predicted molar refractivity (Wildman–Crippen MR) is 67.9 cm³/mol. The molecule has 0 unspecified atom stereocenters. The lowest BCUT2D eigenvalue weighted by molar-refractivity contribution is 0.0889. The summed E-state index contributed by atoms with van der Waals surface area (Å²) in [5, 5.41) is 14.6. The number of nitrogens with one attached hydrogen (secondary N) is 1. The Morgan fingerprint density at radius 1 is 1.56 bits per heavy atom. The number of hydrogen-bond donors (Lipinski definition) is 3. The lowest BCUT2D eigenvalue weighted by atomic mass is 9.91. The molecule has 1 aromatic heterocycles. The van der Waals surface area contributed by atoms with E-state index in [-0.39, 0.29) is 16.8 Å². The number of carbonyl (C=O) groups excluding carboxylic acids is 1. The Hall–Kier alpha value is -1.69. The van der Waals surface area contributed by atoms with Crippen LogP contribution in [0.2, 0.25) is 5.22 Å². The number of hydrogen-bond acceptors (Lipinski definition) is 4. The molecular weight excluding hydrogens is 258 g/mol. The van der Waals surface area contributed by atoms with Crippen LogP contribution in [0.3, 0.4) is 0 Å². The maximum Gasteiger partial charge on any atom is 0.287 e. The molecule has 0 radical (unpaired) electrons. The highest BCUT2D eigenvalue weighted by molar-refractivity contribution is 6.29. The van der Waals surface area contributed by atoms with Crippen LogP contribution in [0, 0.1) is 0 Å². The van der Waals surface area contributed by atoms with Crippen LogP contribution >= 0.6 is 11.6 Å². The van der Waals surface area contributed by atoms with Crippen molar-refractivity contribution < 1.29 is 14.4 Å². The molecule has 0 aliphatic heterocycles. The van der Waals surface area contributed by atoms with Gasteiger partial charge in [-0.15, -0.1) is 0 Å². The molecule has 1 rings (SSSR count). The van der Waals surface area contributed by atoms with E-state index in [1.54, 1.807) is 0 Å². The van der Waals surface area contributed by atoms with Gasteiger partial charge in [-0.3, -0.25) is 4.79 Å². The molecule has 0 bridgehead atoms. The van der Waals surface area contributed by atoms with Crippen molar-refractivity contribution in [3.05, 3.63) is 23.1 Å². The van der Waals surface area contributed by atoms with Crippen molar-refractivity contribution in [2.24, 2.45) is 10.9 Å². The van der Waals surface area contributed by atoms with E-state index in [4.69, 9.17) is 27.0 Å². The number of nitrogens with two attached hydrogens (primary N) is 1. The number of carbonyl (C=O) groups is 1. The second-order valence-corrected chi connectivity index (χ2v) is 4.20. The Balaban J connectivity index is 2.95. The first-order valence-electron chi connectivity index (χ1n) is 5.55. The number of furan rings is 1. The van der Waals surface area contributed by atoms with Gasteiger partial charge in [0.05, 0.1) is 0 Å². The third kappa shape index (κ3) is 2.76. The molecule has 0 saturated heterocycles. The van der Waals surface area contributed by atoms with Crippen LogP contribution in [0.25, 0.3) is 0 Å². The van der Waals surface area contributed by atoms with Gasteiger partial charge in [-0.1, -0.05) is 19.0 Å². The number of rotatable bonds is 5. The minimum atomic E-state index is -0.898. The van der Waals surface area contributed by atoms with E-state index in [0.29, 0.717) is 12.8 Å². The molecule has 0 aliphatic rings. The van der Waals surface area contributed by atoms with Gasteiger partial charge >= 0.3 is 0 Å². The molecule has 4 N–H and O–H groups in total. The van der Waals surface area contributed by atoms with Crippen molar-refractivity contribution in [2.75, 3.05) is 0 Å². The summed E-state index contributed by atoms with van der Waals surface area (Å²) in [6.07, 6.45) is 0.971. The van der Waals surface area contributed by atoms with Crippen molar-refractivity contribution in [1.29, 1.82) is 0 Å². The highest BCUT2D eigenvalue weighted by atomic mass is 35.5. The summed E-state index contributed by atoms with van der Waals surface area (Å²) < 4.78 is 5.00. The van der Waals surface area contributed by atoms with E-state index in [1.807, 2.05) is 13.8 Å². The summed E-state index contributed by atoms with van der Waals surface area (Å²) in [5.41, 5.74) is 4.74. The van der Waals surface area contributed by atoms with Crippen molar-refractivity contribution in [3.63, 3.8) is 0 Å². The van der Waals surface area contributed by atoms with Crippen molar-refractivity contribution in [2.45, 2.75) is 32.2 Å². The summed E-state index contributed by atoms with van der Waals surface area (Å²) in [4.78, 5) is 12.0. The highest BCUT2D eigenvalue weighted by Gasteiger charge is 2.34. The maximum absolute atomic E-state index is 12.0. The average Bonchev–Trinajstić information content (AvgIpc) is 2.81. The zero-order valence-electron chi connectivity index (χ0n) is 10.2. The van der Waals surface area contributed by atoms with E-state index in [9.17, 15) is 4.79 Å². The standard InChI is InChI=1S/C11H16ClN3O3/c1-3-11(4-2,10(13)15-17)14-9(16)7-5-6-8(12)18-7/h5-6,17H,3-4H2,1-2H3,(H2,13,15)(H,14,16). The second kappa shape index (κ2) is 5.77. The van der Waals surface area contributed by atoms with Crippen molar-refractivity contribution >= 4 is 23.3 Å². The van der Waals surface area contributed by atoms with E-state index in [2.05, 4.69) is 10.5 Å². The van der Waals surface area contributed by atoms with Crippen LogP contribution in [0.15, 0.2) is 21.7 Å². The lowest BCUT2D eigenvalue weighted by Crippen LogP contribution is -2.56. The van der Waals surface area contributed by atoms with Crippen molar-refractivity contribution in [3.8, 4) is 0 Å². The molecule has 0 fully saturated rings. The molecule has 0 aliphatic carbocycles. The zero-order chi connectivity index (χ0) is 13.8. The van der Waals surface area contributed by atoms with Gasteiger partial charge in [-0.05, 0) is 36.6 Å². The maximum atomic E-state index is 12.0. The SMILES string of the molecule is CCC(CC)(NC(=O)c1ccc(Cl)o1)/C(N)=N/O. The van der Waals surface area contributed by atoms with Crippen LogP contribution in [0.4, 0.5) is 0 Å². The summed E-state index contributed by atoms with van der Waals surface area (Å²) in [6, 6.07) is 2.93. The van der Waals surface area contributed by atoms with Crippen LogP contribution in [0.5, 0.6) is 0 Å². The molecule has 18 heavy (non-hydrogen) atoms. The van der Waals surface area contributed by atoms with Gasteiger partial charge in [0.1, 0.15) is 5.54 Å². The van der Waals surface area contributed by atoms with Gasteiger partial charge in [0.2, 0.25) is 0 Å². The fourth-order valence-electron chi connectivity index (χ4n) is 1.66. The molecule has 0 atom stereocenters. The largest absolute Gasteiger partial charge is 0.440 e. The molecule has 0 aromatic carbocycles. The predicted octanol–water partition coefficient (Wildman–Crippen LogP) is 1.97. The first-order valence-corrected chi connectivity index (χ1v) is 5.92. The smallest absolute Gasteiger partial charge is 0.287 e. The Bertz CT molecular complexity index is 452. The normalized spacial score (nSPS) is 12.5. The summed E-state index contributed by atoms with van der Waals surface area (Å²) in [7, 11) is 0. The van der Waals surface area contributed by atoms with Gasteiger partial charge in [0, 0.05) is 0 Å². The molecule has 6 nitrogen and oxygen atoms in total. The molecule has 1 aromatic rings. The molecule has 1 heterocycles. The zero-order valence-corrected chi connectivity index (χ0v) is 11.0. The molecule has 1 amide bonds. The molecule has 7 heteroatoms. The fraction of sp³-hybridized carbons (Fsp3) is 0.455. The quantitative estimate of drug-likeness (QED) is 0.330. The number of amidine groups is 1. The Morgan fingerprint density at radius 2 is 2.17 bits per heavy atom. The monoisotopic (exact) mass is 273 g/mol. The molecule has 0 spiro atoms. The molecule has 0 saturated carbocycles. The van der Waals surface area contributed by atoms with Gasteiger partial charge in [-0.2, -0.15) is 0 Å². The fourth-order valence-corrected chi connectivity index (χ4v) is 1.81. The second-order valence-electron chi connectivity index (χ2n) is 3.83. The summed E-state index contributed by atoms with van der Waals surface area (Å²) in [5.74, 6) is -0.423. The number of oxime groups is 1. The van der Waals surface area contributed by atoms with Crippen LogP contribution in [-0.2, 0) is 0 Å². The minimum absolute atomic E-state index is 0.0431. The van der Waals surface area contributed by atoms with Gasteiger partial charge in [0.25, 0.3) is 5.91 Å². The van der Waals surface area contributed by atoms with Crippen LogP contribution in [0.1, 0.15) is 37.2 Å². The summed E-state index contributed by atoms with van der Waals surface area (Å²) >= 11 is 5.60. The van der Waals surface area contributed by atoms with E-state index < -0.39 is 11.4 Å². The van der Waals surface area contributed by atoms with Gasteiger partial charge < -0.3 is 20.7 Å². The topological polar surface area (TPSA) is 101 Å². The molecule has 100 valence electrons. The molecular formula is C11H16ClN3O3. The third-order valence-corrected chi connectivity index (χ3v) is 3.16. The van der Waals surface area contributed by atoms with E-state index in [0.717, 1.165) is 0 Å². The number of halogens is 1. The van der Waals surface area contributed by atoms with E-state index in [1.165, 1.54) is 12.1 Å². The Kier molecular flexibility index (Phi) is 4.61. The Morgan fingerprint density at radius 3 is 2.56 bits per heavy atom. The first kappa shape index (κ1) is 14.4. The minimum Gasteiger partial charge on any atom is -0.440 e. The highest BCUT2D eigenvalue weighted by Crippen LogP contribution is 2.18. The summed E-state index contributed by atoms with van der Waals surface area (Å²) in [6.45, 7) is 3.66.